The average Bonchev–Trinajstić information content (AvgIpc) is 2.45. The van der Waals surface area contributed by atoms with Crippen LogP contribution >= 0.6 is 0 Å². The summed E-state index contributed by atoms with van der Waals surface area (Å²) in [6, 6.07) is 15.7. The first kappa shape index (κ1) is 12.9. The van der Waals surface area contributed by atoms with Crippen molar-refractivity contribution in [2.24, 2.45) is 0 Å². The largest absolute Gasteiger partial charge is 0.479 e. The van der Waals surface area contributed by atoms with Gasteiger partial charge < -0.3 is 10.1 Å². The van der Waals surface area contributed by atoms with Crippen LogP contribution in [0.25, 0.3) is 0 Å². The highest BCUT2D eigenvalue weighted by Crippen LogP contribution is 2.17. The van der Waals surface area contributed by atoms with Crippen molar-refractivity contribution in [1.29, 1.82) is 5.26 Å². The fourth-order valence-electron chi connectivity index (χ4n) is 1.62. The Morgan fingerprint density at radius 3 is 2.53 bits per heavy atom. The topological polar surface area (TPSA) is 45.0 Å². The van der Waals surface area contributed by atoms with Crippen LogP contribution in [0.3, 0.4) is 0 Å². The van der Waals surface area contributed by atoms with Gasteiger partial charge in [-0.3, -0.25) is 0 Å². The molecule has 96 valence electrons. The monoisotopic (exact) mass is 256 g/mol. The molecule has 0 spiro atoms. The molecular weight excluding hydrogens is 243 g/mol. The van der Waals surface area contributed by atoms with E-state index in [9.17, 15) is 4.39 Å². The Morgan fingerprint density at radius 1 is 1.11 bits per heavy atom. The van der Waals surface area contributed by atoms with Crippen molar-refractivity contribution in [3.63, 3.8) is 0 Å². The molecule has 2 aromatic rings. The zero-order valence-electron chi connectivity index (χ0n) is 10.3. The van der Waals surface area contributed by atoms with Crippen LogP contribution < -0.4 is 10.1 Å². The molecule has 0 bridgehead atoms. The van der Waals surface area contributed by atoms with Gasteiger partial charge in [-0.05, 0) is 30.3 Å². The van der Waals surface area contributed by atoms with Crippen molar-refractivity contribution < 1.29 is 9.13 Å². The van der Waals surface area contributed by atoms with Gasteiger partial charge in [-0.25, -0.2) is 4.39 Å². The Labute approximate surface area is 111 Å². The van der Waals surface area contributed by atoms with E-state index >= 15 is 0 Å². The van der Waals surface area contributed by atoms with Gasteiger partial charge in [-0.2, -0.15) is 5.26 Å². The molecule has 0 aliphatic rings. The minimum absolute atomic E-state index is 0.0298. The summed E-state index contributed by atoms with van der Waals surface area (Å²) in [5.41, 5.74) is 1.49. The molecule has 1 N–H and O–H groups in total. The second-order valence-corrected chi connectivity index (χ2v) is 3.92. The van der Waals surface area contributed by atoms with Gasteiger partial charge in [0.1, 0.15) is 17.6 Å². The summed E-state index contributed by atoms with van der Waals surface area (Å²) >= 11 is 0. The number of nitrogens with one attached hydrogen (secondary N) is 1. The second kappa shape index (κ2) is 6.41. The quantitative estimate of drug-likeness (QED) is 0.892. The lowest BCUT2D eigenvalue weighted by Crippen LogP contribution is -2.01. The van der Waals surface area contributed by atoms with Crippen LogP contribution in [0.5, 0.6) is 5.75 Å². The first-order valence-electron chi connectivity index (χ1n) is 5.86. The lowest BCUT2D eigenvalue weighted by Gasteiger charge is -2.08. The van der Waals surface area contributed by atoms with Gasteiger partial charge in [0.15, 0.2) is 6.61 Å². The number of benzene rings is 2. The van der Waals surface area contributed by atoms with Crippen LogP contribution in [0.15, 0.2) is 48.5 Å². The Morgan fingerprint density at radius 2 is 1.84 bits per heavy atom. The zero-order chi connectivity index (χ0) is 13.5. The summed E-state index contributed by atoms with van der Waals surface area (Å²) in [4.78, 5) is 0. The SMILES string of the molecule is N#CCOc1ccc(NCc2ccccc2F)cc1. The van der Waals surface area contributed by atoms with E-state index in [1.165, 1.54) is 6.07 Å². The third kappa shape index (κ3) is 3.71. The van der Waals surface area contributed by atoms with Crippen molar-refractivity contribution in [3.8, 4) is 11.8 Å². The van der Waals surface area contributed by atoms with E-state index in [-0.39, 0.29) is 12.4 Å². The highest BCUT2D eigenvalue weighted by molar-refractivity contribution is 5.46. The van der Waals surface area contributed by atoms with Crippen LogP contribution in [0, 0.1) is 17.1 Å². The number of halogens is 1. The van der Waals surface area contributed by atoms with E-state index in [1.807, 2.05) is 18.2 Å². The molecule has 0 heterocycles. The minimum atomic E-state index is -0.219. The van der Waals surface area contributed by atoms with E-state index in [0.29, 0.717) is 17.9 Å². The lowest BCUT2D eigenvalue weighted by molar-refractivity contribution is 0.368. The molecule has 0 aliphatic carbocycles. The molecule has 0 aromatic heterocycles. The van der Waals surface area contributed by atoms with Crippen molar-refractivity contribution in [3.05, 3.63) is 59.9 Å². The molecule has 0 unspecified atom stereocenters. The molecule has 19 heavy (non-hydrogen) atoms. The predicted octanol–water partition coefficient (Wildman–Crippen LogP) is 3.34. The summed E-state index contributed by atoms with van der Waals surface area (Å²) in [7, 11) is 0. The maximum absolute atomic E-state index is 13.4. The summed E-state index contributed by atoms with van der Waals surface area (Å²) in [6.07, 6.45) is 0. The molecule has 0 radical (unpaired) electrons. The number of nitrogens with zero attached hydrogens (tertiary/aromatic N) is 1. The van der Waals surface area contributed by atoms with E-state index in [2.05, 4.69) is 5.32 Å². The Balaban J connectivity index is 1.93. The summed E-state index contributed by atoms with van der Waals surface area (Å²) in [6.45, 7) is 0.451. The zero-order valence-corrected chi connectivity index (χ0v) is 10.3. The Hall–Kier alpha value is -2.54. The van der Waals surface area contributed by atoms with Crippen LogP contribution in [0.2, 0.25) is 0 Å². The lowest BCUT2D eigenvalue weighted by atomic mass is 10.2. The van der Waals surface area contributed by atoms with Gasteiger partial charge in [-0.15, -0.1) is 0 Å². The molecule has 0 aliphatic heterocycles. The summed E-state index contributed by atoms with van der Waals surface area (Å²) in [5.74, 6) is 0.418. The van der Waals surface area contributed by atoms with Crippen molar-refractivity contribution >= 4 is 5.69 Å². The first-order valence-corrected chi connectivity index (χ1v) is 5.86. The molecule has 0 amide bonds. The van der Waals surface area contributed by atoms with Crippen molar-refractivity contribution in [2.75, 3.05) is 11.9 Å². The predicted molar refractivity (Wildman–Crippen MR) is 71.3 cm³/mol. The average molecular weight is 256 g/mol. The molecule has 0 fully saturated rings. The first-order chi connectivity index (χ1) is 9.29. The van der Waals surface area contributed by atoms with E-state index in [4.69, 9.17) is 10.00 Å². The fourth-order valence-corrected chi connectivity index (χ4v) is 1.62. The molecule has 2 rings (SSSR count). The van der Waals surface area contributed by atoms with E-state index < -0.39 is 0 Å². The van der Waals surface area contributed by atoms with Gasteiger partial charge >= 0.3 is 0 Å². The maximum atomic E-state index is 13.4. The summed E-state index contributed by atoms with van der Waals surface area (Å²) in [5, 5.41) is 11.5. The molecule has 0 saturated heterocycles. The van der Waals surface area contributed by atoms with E-state index in [1.54, 1.807) is 30.3 Å². The number of anilines is 1. The van der Waals surface area contributed by atoms with Crippen molar-refractivity contribution in [2.45, 2.75) is 6.54 Å². The Bertz CT molecular complexity index is 575. The number of ether oxygens (including phenoxy) is 1. The maximum Gasteiger partial charge on any atom is 0.174 e. The molecule has 2 aromatic carbocycles. The Kier molecular flexibility index (Phi) is 4.35. The summed E-state index contributed by atoms with van der Waals surface area (Å²) < 4.78 is 18.5. The van der Waals surface area contributed by atoms with Crippen LogP contribution in [0.4, 0.5) is 10.1 Å². The number of nitriles is 1. The van der Waals surface area contributed by atoms with E-state index in [0.717, 1.165) is 5.69 Å². The van der Waals surface area contributed by atoms with Crippen molar-refractivity contribution in [1.82, 2.24) is 0 Å². The van der Waals surface area contributed by atoms with Gasteiger partial charge in [-0.1, -0.05) is 18.2 Å². The molecule has 0 atom stereocenters. The fraction of sp³-hybridized carbons (Fsp3) is 0.133. The standard InChI is InChI=1S/C15H13FN2O/c16-15-4-2-1-3-12(15)11-18-13-5-7-14(8-6-13)19-10-9-17/h1-8,18H,10-11H2. The molecule has 4 heteroatoms. The molecular formula is C15H13FN2O. The number of hydrogen-bond acceptors (Lipinski definition) is 3. The second-order valence-electron chi connectivity index (χ2n) is 3.92. The molecule has 3 nitrogen and oxygen atoms in total. The normalized spacial score (nSPS) is 9.68. The van der Waals surface area contributed by atoms with Gasteiger partial charge in [0.05, 0.1) is 0 Å². The smallest absolute Gasteiger partial charge is 0.174 e. The third-order valence-electron chi connectivity index (χ3n) is 2.60. The minimum Gasteiger partial charge on any atom is -0.479 e. The van der Waals surface area contributed by atoms with Crippen LogP contribution in [-0.2, 0) is 6.54 Å². The van der Waals surface area contributed by atoms with Gasteiger partial charge in [0.25, 0.3) is 0 Å². The van der Waals surface area contributed by atoms with Gasteiger partial charge in [0.2, 0.25) is 0 Å². The third-order valence-corrected chi connectivity index (χ3v) is 2.60. The highest BCUT2D eigenvalue weighted by Gasteiger charge is 2.00. The van der Waals surface area contributed by atoms with Crippen LogP contribution in [-0.4, -0.2) is 6.61 Å². The number of hydrogen-bond donors (Lipinski definition) is 1. The molecule has 0 saturated carbocycles. The highest BCUT2D eigenvalue weighted by atomic mass is 19.1. The van der Waals surface area contributed by atoms with Crippen LogP contribution in [0.1, 0.15) is 5.56 Å². The number of rotatable bonds is 5. The van der Waals surface area contributed by atoms with Gasteiger partial charge in [0, 0.05) is 17.8 Å².